The zero-order chi connectivity index (χ0) is 18.6. The van der Waals surface area contributed by atoms with Gasteiger partial charge in [0, 0.05) is 53.8 Å². The molecule has 0 aromatic heterocycles. The molecule has 5 nitrogen and oxygen atoms in total. The molecule has 0 atom stereocenters. The second-order valence-corrected chi connectivity index (χ2v) is 9.48. The molecule has 0 aliphatic heterocycles. The van der Waals surface area contributed by atoms with Gasteiger partial charge in [0.05, 0.1) is 0 Å². The molecule has 0 N–H and O–H groups in total. The highest BCUT2D eigenvalue weighted by Crippen LogP contribution is 2.18. The van der Waals surface area contributed by atoms with Gasteiger partial charge in [-0.3, -0.25) is 0 Å². The van der Waals surface area contributed by atoms with Crippen LogP contribution in [0.2, 0.25) is 6.04 Å². The first kappa shape index (κ1) is 25.0. The summed E-state index contributed by atoms with van der Waals surface area (Å²) in [5, 5.41) is 0. The van der Waals surface area contributed by atoms with E-state index in [-0.39, 0.29) is 0 Å². The van der Waals surface area contributed by atoms with Crippen molar-refractivity contribution in [3.8, 4) is 0 Å². The maximum atomic E-state index is 5.60. The third-order valence-corrected chi connectivity index (χ3v) is 7.32. The summed E-state index contributed by atoms with van der Waals surface area (Å²) < 4.78 is 27.2. The molecule has 0 bridgehead atoms. The summed E-state index contributed by atoms with van der Waals surface area (Å²) in [6.07, 6.45) is 12.5. The Morgan fingerprint density at radius 2 is 0.960 bits per heavy atom. The van der Waals surface area contributed by atoms with E-state index in [0.717, 1.165) is 45.3 Å². The third kappa shape index (κ3) is 14.8. The Labute approximate surface area is 157 Å². The zero-order valence-electron chi connectivity index (χ0n) is 17.1. The van der Waals surface area contributed by atoms with Crippen molar-refractivity contribution in [2.75, 3.05) is 47.8 Å². The second-order valence-electron chi connectivity index (χ2n) is 6.39. The van der Waals surface area contributed by atoms with Gasteiger partial charge in [0.2, 0.25) is 0 Å². The van der Waals surface area contributed by atoms with E-state index in [1.165, 1.54) is 51.4 Å². The van der Waals surface area contributed by atoms with Crippen LogP contribution < -0.4 is 0 Å². The topological polar surface area (TPSA) is 46.2 Å². The molecule has 152 valence electrons. The average Bonchev–Trinajstić information content (AvgIpc) is 2.65. The molecule has 0 amide bonds. The van der Waals surface area contributed by atoms with Crippen LogP contribution in [-0.2, 0) is 22.8 Å². The Balaban J connectivity index is 3.21. The summed E-state index contributed by atoms with van der Waals surface area (Å²) in [5.74, 6) is 0. The van der Waals surface area contributed by atoms with Gasteiger partial charge in [0.25, 0.3) is 0 Å². The first-order valence-corrected chi connectivity index (χ1v) is 12.0. The van der Waals surface area contributed by atoms with E-state index in [0.29, 0.717) is 0 Å². The molecule has 0 fully saturated rings. The molecule has 0 saturated carbocycles. The number of unbranched alkanes of at least 4 members (excludes halogenated alkanes) is 8. The molecule has 0 aliphatic rings. The number of hydrogen-bond acceptors (Lipinski definition) is 5. The highest BCUT2D eigenvalue weighted by molar-refractivity contribution is 6.60. The van der Waals surface area contributed by atoms with Crippen molar-refractivity contribution in [3.05, 3.63) is 0 Å². The third-order valence-electron chi connectivity index (χ3n) is 4.49. The molecule has 0 radical (unpaired) electrons. The fourth-order valence-corrected chi connectivity index (χ4v) is 4.64. The number of rotatable bonds is 20. The second kappa shape index (κ2) is 18.8. The maximum Gasteiger partial charge on any atom is 0.500 e. The quantitative estimate of drug-likeness (QED) is 0.224. The summed E-state index contributed by atoms with van der Waals surface area (Å²) in [7, 11) is 2.71. The lowest BCUT2D eigenvalue weighted by Crippen LogP contribution is -2.42. The van der Waals surface area contributed by atoms with Crippen molar-refractivity contribution >= 4 is 8.80 Å². The summed E-state index contributed by atoms with van der Waals surface area (Å²) in [6.45, 7) is 5.38. The van der Waals surface area contributed by atoms with Crippen LogP contribution in [0.1, 0.15) is 71.1 Å². The van der Waals surface area contributed by atoms with Gasteiger partial charge in [-0.1, -0.05) is 44.9 Å². The minimum absolute atomic E-state index is 0.802. The predicted molar refractivity (Wildman–Crippen MR) is 105 cm³/mol. The molecule has 25 heavy (non-hydrogen) atoms. The minimum Gasteiger partial charge on any atom is -0.382 e. The number of hydrogen-bond donors (Lipinski definition) is 0. The molecule has 0 rings (SSSR count). The highest BCUT2D eigenvalue weighted by Gasteiger charge is 2.36. The van der Waals surface area contributed by atoms with Gasteiger partial charge in [-0.05, 0) is 26.2 Å². The molecule has 0 aromatic carbocycles. The van der Waals surface area contributed by atoms with E-state index in [1.807, 2.05) is 6.92 Å². The molecular formula is C19H42O5Si. The van der Waals surface area contributed by atoms with Gasteiger partial charge in [-0.2, -0.15) is 0 Å². The van der Waals surface area contributed by atoms with Crippen molar-refractivity contribution in [1.29, 1.82) is 0 Å². The Hall–Kier alpha value is 0.0169. The SMILES string of the molecule is CCOCCCOCCCCCCCCCCC[Si](OC)(OC)OC. The standard InChI is InChI=1S/C19H42O5Si/c1-5-23-17-15-18-24-16-13-11-9-7-6-8-10-12-14-19-25(20-2,21-3)22-4/h5-19H2,1-4H3. The lowest BCUT2D eigenvalue weighted by atomic mass is 10.1. The lowest BCUT2D eigenvalue weighted by Gasteiger charge is -2.24. The monoisotopic (exact) mass is 378 g/mol. The highest BCUT2D eigenvalue weighted by atomic mass is 28.4. The van der Waals surface area contributed by atoms with Gasteiger partial charge in [-0.15, -0.1) is 0 Å². The zero-order valence-corrected chi connectivity index (χ0v) is 18.1. The fourth-order valence-electron chi connectivity index (χ4n) is 2.85. The van der Waals surface area contributed by atoms with E-state index in [4.69, 9.17) is 22.8 Å². The van der Waals surface area contributed by atoms with Gasteiger partial charge >= 0.3 is 8.80 Å². The van der Waals surface area contributed by atoms with Gasteiger partial charge in [0.15, 0.2) is 0 Å². The maximum absolute atomic E-state index is 5.60. The Morgan fingerprint density at radius 1 is 0.520 bits per heavy atom. The summed E-state index contributed by atoms with van der Waals surface area (Å²) in [5.41, 5.74) is 0. The minimum atomic E-state index is -2.34. The van der Waals surface area contributed by atoms with Crippen LogP contribution in [-0.4, -0.2) is 56.6 Å². The van der Waals surface area contributed by atoms with E-state index in [2.05, 4.69) is 0 Å². The largest absolute Gasteiger partial charge is 0.500 e. The van der Waals surface area contributed by atoms with Crippen molar-refractivity contribution in [2.24, 2.45) is 0 Å². The van der Waals surface area contributed by atoms with Crippen LogP contribution in [0.15, 0.2) is 0 Å². The molecule has 0 unspecified atom stereocenters. The predicted octanol–water partition coefficient (Wildman–Crippen LogP) is 4.82. The van der Waals surface area contributed by atoms with Gasteiger partial charge < -0.3 is 22.8 Å². The fraction of sp³-hybridized carbons (Fsp3) is 1.00. The van der Waals surface area contributed by atoms with Crippen molar-refractivity contribution < 1.29 is 22.8 Å². The van der Waals surface area contributed by atoms with Crippen LogP contribution >= 0.6 is 0 Å². The Morgan fingerprint density at radius 3 is 1.48 bits per heavy atom. The van der Waals surface area contributed by atoms with E-state index in [9.17, 15) is 0 Å². The first-order chi connectivity index (χ1) is 12.2. The van der Waals surface area contributed by atoms with Crippen molar-refractivity contribution in [3.63, 3.8) is 0 Å². The van der Waals surface area contributed by atoms with E-state index in [1.54, 1.807) is 21.3 Å². The first-order valence-electron chi connectivity index (χ1n) is 10.1. The number of ether oxygens (including phenoxy) is 2. The summed E-state index contributed by atoms with van der Waals surface area (Å²) in [6, 6.07) is 0.918. The summed E-state index contributed by atoms with van der Waals surface area (Å²) >= 11 is 0. The van der Waals surface area contributed by atoms with Crippen LogP contribution in [0.3, 0.4) is 0 Å². The van der Waals surface area contributed by atoms with Gasteiger partial charge in [0.1, 0.15) is 0 Å². The van der Waals surface area contributed by atoms with E-state index >= 15 is 0 Å². The van der Waals surface area contributed by atoms with Crippen LogP contribution in [0.5, 0.6) is 0 Å². The van der Waals surface area contributed by atoms with Crippen molar-refractivity contribution in [1.82, 2.24) is 0 Å². The van der Waals surface area contributed by atoms with Crippen molar-refractivity contribution in [2.45, 2.75) is 77.2 Å². The molecule has 0 spiro atoms. The summed E-state index contributed by atoms with van der Waals surface area (Å²) in [4.78, 5) is 0. The van der Waals surface area contributed by atoms with E-state index < -0.39 is 8.80 Å². The molecule has 0 aromatic rings. The molecule has 0 aliphatic carbocycles. The Bertz CT molecular complexity index is 254. The average molecular weight is 379 g/mol. The van der Waals surface area contributed by atoms with Crippen LogP contribution in [0, 0.1) is 0 Å². The Kier molecular flexibility index (Phi) is 18.8. The molecule has 0 saturated heterocycles. The van der Waals surface area contributed by atoms with Gasteiger partial charge in [-0.25, -0.2) is 0 Å². The molecule has 0 heterocycles. The normalized spacial score (nSPS) is 12.0. The smallest absolute Gasteiger partial charge is 0.382 e. The lowest BCUT2D eigenvalue weighted by molar-refractivity contribution is 0.0860. The van der Waals surface area contributed by atoms with Crippen LogP contribution in [0.25, 0.3) is 0 Å². The van der Waals surface area contributed by atoms with Crippen LogP contribution in [0.4, 0.5) is 0 Å². The molecule has 6 heteroatoms. The molecular weight excluding hydrogens is 336 g/mol.